The first-order valence-corrected chi connectivity index (χ1v) is 4.00. The maximum atomic E-state index is 8.57. The molecule has 0 aromatic rings. The lowest BCUT2D eigenvalue weighted by Crippen LogP contribution is -2.02. The van der Waals surface area contributed by atoms with Crippen LogP contribution in [0.3, 0.4) is 0 Å². The van der Waals surface area contributed by atoms with E-state index < -0.39 is 0 Å². The minimum absolute atomic E-state index is 0.265. The van der Waals surface area contributed by atoms with Gasteiger partial charge in [-0.25, -0.2) is 0 Å². The van der Waals surface area contributed by atoms with Gasteiger partial charge in [-0.05, 0) is 6.92 Å². The molecule has 0 bridgehead atoms. The Labute approximate surface area is 59.3 Å². The van der Waals surface area contributed by atoms with Crippen LogP contribution in [-0.4, -0.2) is 17.6 Å². The average Bonchev–Trinajstić information content (AvgIpc) is 2.18. The van der Waals surface area contributed by atoms with Crippen molar-refractivity contribution in [1.29, 1.82) is 0 Å². The third-order valence-electron chi connectivity index (χ3n) is 1.34. The van der Waals surface area contributed by atoms with Gasteiger partial charge in [0, 0.05) is 23.6 Å². The maximum absolute atomic E-state index is 8.57. The van der Waals surface area contributed by atoms with E-state index in [4.69, 9.17) is 5.11 Å². The molecule has 1 aliphatic heterocycles. The molecule has 52 valence electrons. The fourth-order valence-corrected chi connectivity index (χ4v) is 1.79. The predicted octanol–water partition coefficient (Wildman–Crippen LogP) is 0.894. The van der Waals surface area contributed by atoms with Gasteiger partial charge in [0.05, 0.1) is 5.88 Å². The molecule has 1 heterocycles. The van der Waals surface area contributed by atoms with Gasteiger partial charge < -0.3 is 10.4 Å². The zero-order valence-corrected chi connectivity index (χ0v) is 6.29. The van der Waals surface area contributed by atoms with E-state index in [9.17, 15) is 0 Å². The van der Waals surface area contributed by atoms with Gasteiger partial charge in [0.15, 0.2) is 0 Å². The summed E-state index contributed by atoms with van der Waals surface area (Å²) in [5.41, 5.74) is 1.23. The first-order chi connectivity index (χ1) is 4.34. The van der Waals surface area contributed by atoms with Crippen molar-refractivity contribution in [3.05, 3.63) is 10.6 Å². The smallest absolute Gasteiger partial charge is 0.0651 e. The van der Waals surface area contributed by atoms with Crippen molar-refractivity contribution in [2.24, 2.45) is 0 Å². The van der Waals surface area contributed by atoms with Crippen LogP contribution >= 0.6 is 11.8 Å². The summed E-state index contributed by atoms with van der Waals surface area (Å²) in [6.45, 7) is 2.31. The quantitative estimate of drug-likeness (QED) is 0.605. The summed E-state index contributed by atoms with van der Waals surface area (Å²) >= 11 is 1.78. The van der Waals surface area contributed by atoms with Gasteiger partial charge >= 0.3 is 0 Å². The van der Waals surface area contributed by atoms with E-state index in [0.717, 1.165) is 12.3 Å². The minimum Gasteiger partial charge on any atom is -0.396 e. The lowest BCUT2D eigenvalue weighted by molar-refractivity contribution is 0.301. The molecule has 0 spiro atoms. The average molecular weight is 145 g/mol. The van der Waals surface area contributed by atoms with Crippen LogP contribution in [0.4, 0.5) is 0 Å². The molecule has 0 saturated heterocycles. The van der Waals surface area contributed by atoms with Crippen LogP contribution in [0.15, 0.2) is 10.6 Å². The summed E-state index contributed by atoms with van der Waals surface area (Å²) in [6, 6.07) is 0. The Morgan fingerprint density at radius 2 is 2.56 bits per heavy atom. The molecule has 1 aliphatic rings. The largest absolute Gasteiger partial charge is 0.396 e. The van der Waals surface area contributed by atoms with E-state index in [2.05, 4.69) is 5.32 Å². The Hall–Kier alpha value is -0.150. The van der Waals surface area contributed by atoms with Crippen molar-refractivity contribution in [3.63, 3.8) is 0 Å². The summed E-state index contributed by atoms with van der Waals surface area (Å²) in [6.07, 6.45) is 0.809. The molecular weight excluding hydrogens is 134 g/mol. The summed E-state index contributed by atoms with van der Waals surface area (Å²) in [7, 11) is 0. The molecule has 1 rings (SSSR count). The number of rotatable bonds is 2. The monoisotopic (exact) mass is 145 g/mol. The zero-order chi connectivity index (χ0) is 6.69. The van der Waals surface area contributed by atoms with E-state index in [0.29, 0.717) is 0 Å². The molecule has 2 N–H and O–H groups in total. The zero-order valence-electron chi connectivity index (χ0n) is 5.48. The first-order valence-electron chi connectivity index (χ1n) is 3.02. The number of thioether (sulfide) groups is 1. The molecule has 3 heteroatoms. The fraction of sp³-hybridized carbons (Fsp3) is 0.667. The number of aliphatic hydroxyl groups is 1. The van der Waals surface area contributed by atoms with Gasteiger partial charge in [-0.15, -0.1) is 11.8 Å². The second kappa shape index (κ2) is 3.13. The summed E-state index contributed by atoms with van der Waals surface area (Å²) < 4.78 is 0. The third-order valence-corrected chi connectivity index (χ3v) is 2.49. The lowest BCUT2D eigenvalue weighted by Gasteiger charge is -1.96. The molecule has 0 fully saturated rings. The molecule has 0 saturated carbocycles. The molecule has 0 unspecified atom stereocenters. The van der Waals surface area contributed by atoms with Gasteiger partial charge in [-0.3, -0.25) is 0 Å². The molecule has 0 atom stereocenters. The topological polar surface area (TPSA) is 32.3 Å². The maximum Gasteiger partial charge on any atom is 0.0651 e. The highest BCUT2D eigenvalue weighted by Gasteiger charge is 2.08. The fourth-order valence-electron chi connectivity index (χ4n) is 0.800. The van der Waals surface area contributed by atoms with Crippen molar-refractivity contribution >= 4 is 11.8 Å². The van der Waals surface area contributed by atoms with Crippen LogP contribution in [-0.2, 0) is 0 Å². The van der Waals surface area contributed by atoms with Crippen molar-refractivity contribution in [3.8, 4) is 0 Å². The molecule has 2 nitrogen and oxygen atoms in total. The van der Waals surface area contributed by atoms with Crippen LogP contribution in [0.25, 0.3) is 0 Å². The number of aliphatic hydroxyl groups excluding tert-OH is 1. The summed E-state index contributed by atoms with van der Waals surface area (Å²) in [5, 5.41) is 11.8. The van der Waals surface area contributed by atoms with Crippen LogP contribution in [0.2, 0.25) is 0 Å². The number of hydrogen-bond acceptors (Lipinski definition) is 3. The first kappa shape index (κ1) is 6.96. The highest BCUT2D eigenvalue weighted by Crippen LogP contribution is 2.26. The van der Waals surface area contributed by atoms with Crippen molar-refractivity contribution < 1.29 is 5.11 Å². The lowest BCUT2D eigenvalue weighted by atomic mass is 10.3. The van der Waals surface area contributed by atoms with E-state index >= 15 is 0 Å². The number of allylic oxidation sites excluding steroid dienone is 1. The molecule has 0 aliphatic carbocycles. The number of nitrogens with one attached hydrogen (secondary N) is 1. The molecule has 0 aromatic carbocycles. The van der Waals surface area contributed by atoms with E-state index in [1.54, 1.807) is 11.8 Å². The second-order valence-electron chi connectivity index (χ2n) is 1.99. The Morgan fingerprint density at radius 1 is 1.78 bits per heavy atom. The van der Waals surface area contributed by atoms with Crippen molar-refractivity contribution in [1.82, 2.24) is 5.32 Å². The van der Waals surface area contributed by atoms with Gasteiger partial charge in [-0.1, -0.05) is 0 Å². The Balaban J connectivity index is 2.45. The highest BCUT2D eigenvalue weighted by molar-refractivity contribution is 8.03. The predicted molar refractivity (Wildman–Crippen MR) is 40.0 cm³/mol. The van der Waals surface area contributed by atoms with E-state index in [1.807, 2.05) is 6.92 Å². The van der Waals surface area contributed by atoms with Crippen LogP contribution in [0.5, 0.6) is 0 Å². The normalized spacial score (nSPS) is 18.4. The SMILES string of the molecule is CC1=C(CCO)SCN1. The van der Waals surface area contributed by atoms with Crippen LogP contribution in [0, 0.1) is 0 Å². The molecule has 0 amide bonds. The minimum atomic E-state index is 0.265. The number of hydrogen-bond donors (Lipinski definition) is 2. The van der Waals surface area contributed by atoms with Gasteiger partial charge in [-0.2, -0.15) is 0 Å². The summed E-state index contributed by atoms with van der Waals surface area (Å²) in [4.78, 5) is 1.30. The van der Waals surface area contributed by atoms with Crippen molar-refractivity contribution in [2.45, 2.75) is 13.3 Å². The molecule has 9 heavy (non-hydrogen) atoms. The third kappa shape index (κ3) is 1.63. The van der Waals surface area contributed by atoms with Gasteiger partial charge in [0.1, 0.15) is 0 Å². The Morgan fingerprint density at radius 3 is 3.00 bits per heavy atom. The van der Waals surface area contributed by atoms with E-state index in [-0.39, 0.29) is 6.61 Å². The van der Waals surface area contributed by atoms with Crippen LogP contribution in [0.1, 0.15) is 13.3 Å². The molecular formula is C6H11NOS. The van der Waals surface area contributed by atoms with Crippen LogP contribution < -0.4 is 5.32 Å². The van der Waals surface area contributed by atoms with E-state index in [1.165, 1.54) is 10.6 Å². The standard InChI is InChI=1S/C6H11NOS/c1-5-6(2-3-8)9-4-7-5/h7-8H,2-4H2,1H3. The Bertz CT molecular complexity index is 133. The molecule has 0 aromatic heterocycles. The van der Waals surface area contributed by atoms with Crippen molar-refractivity contribution in [2.75, 3.05) is 12.5 Å². The summed E-state index contributed by atoms with van der Waals surface area (Å²) in [5.74, 6) is 0.973. The van der Waals surface area contributed by atoms with Gasteiger partial charge in [0.2, 0.25) is 0 Å². The second-order valence-corrected chi connectivity index (χ2v) is 3.06. The Kier molecular flexibility index (Phi) is 2.42. The molecule has 0 radical (unpaired) electrons. The highest BCUT2D eigenvalue weighted by atomic mass is 32.2. The van der Waals surface area contributed by atoms with Gasteiger partial charge in [0.25, 0.3) is 0 Å².